The minimum Gasteiger partial charge on any atom is -0.480 e. The largest absolute Gasteiger partial charge is 0.480 e. The van der Waals surface area contributed by atoms with Gasteiger partial charge in [-0.25, -0.2) is 4.79 Å². The maximum absolute atomic E-state index is 13.7. The van der Waals surface area contributed by atoms with Crippen molar-refractivity contribution >= 4 is 11.7 Å². The highest BCUT2D eigenvalue weighted by molar-refractivity contribution is 5.78. The van der Waals surface area contributed by atoms with E-state index in [1.165, 1.54) is 6.07 Å². The molecule has 30 heavy (non-hydrogen) atoms. The molecule has 1 atom stereocenters. The van der Waals surface area contributed by atoms with Gasteiger partial charge in [0.1, 0.15) is 6.04 Å². The second kappa shape index (κ2) is 8.38. The molecule has 8 heteroatoms. The van der Waals surface area contributed by atoms with Crippen LogP contribution >= 0.6 is 0 Å². The first-order valence-electron chi connectivity index (χ1n) is 10.9. The SMILES string of the molecule is O=C(O)[C@@H]1CCCCN1c1cc(CN2CCCC23CCNCC3)cc(C(F)(F)F)c1. The number of piperidine rings is 2. The summed E-state index contributed by atoms with van der Waals surface area (Å²) in [4.78, 5) is 15.7. The zero-order valence-electron chi connectivity index (χ0n) is 17.2. The van der Waals surface area contributed by atoms with Crippen LogP contribution in [0.3, 0.4) is 0 Å². The van der Waals surface area contributed by atoms with E-state index in [0.29, 0.717) is 30.8 Å². The maximum atomic E-state index is 13.7. The number of hydrogen-bond acceptors (Lipinski definition) is 4. The van der Waals surface area contributed by atoms with Crippen molar-refractivity contribution in [2.45, 2.75) is 69.2 Å². The number of benzene rings is 1. The molecule has 0 radical (unpaired) electrons. The molecule has 0 unspecified atom stereocenters. The fraction of sp³-hybridized carbons (Fsp3) is 0.682. The summed E-state index contributed by atoms with van der Waals surface area (Å²) in [5, 5.41) is 13.0. The van der Waals surface area contributed by atoms with Crippen molar-refractivity contribution in [3.05, 3.63) is 29.3 Å². The van der Waals surface area contributed by atoms with E-state index in [0.717, 1.165) is 64.2 Å². The third-order valence-corrected chi connectivity index (χ3v) is 7.07. The van der Waals surface area contributed by atoms with Gasteiger partial charge in [0.2, 0.25) is 0 Å². The van der Waals surface area contributed by atoms with Crippen LogP contribution in [-0.2, 0) is 17.5 Å². The van der Waals surface area contributed by atoms with Crippen LogP contribution in [0.25, 0.3) is 0 Å². The average molecular weight is 425 g/mol. The molecule has 3 aliphatic rings. The Labute approximate surface area is 175 Å². The van der Waals surface area contributed by atoms with Crippen molar-refractivity contribution in [2.24, 2.45) is 0 Å². The number of halogens is 3. The van der Waals surface area contributed by atoms with Crippen molar-refractivity contribution in [1.29, 1.82) is 0 Å². The zero-order valence-corrected chi connectivity index (χ0v) is 17.2. The van der Waals surface area contributed by atoms with Crippen LogP contribution in [0.1, 0.15) is 56.1 Å². The van der Waals surface area contributed by atoms with Gasteiger partial charge in [-0.2, -0.15) is 13.2 Å². The van der Waals surface area contributed by atoms with Crippen LogP contribution in [0.5, 0.6) is 0 Å². The quantitative estimate of drug-likeness (QED) is 0.767. The van der Waals surface area contributed by atoms with Gasteiger partial charge in [-0.15, -0.1) is 0 Å². The third kappa shape index (κ3) is 4.30. The first-order valence-corrected chi connectivity index (χ1v) is 10.9. The fourth-order valence-electron chi connectivity index (χ4n) is 5.51. The summed E-state index contributed by atoms with van der Waals surface area (Å²) < 4.78 is 41.0. The normalized spacial score (nSPS) is 25.0. The number of nitrogens with one attached hydrogen (secondary N) is 1. The molecule has 0 bridgehead atoms. The lowest BCUT2D eigenvalue weighted by molar-refractivity contribution is -0.139. The predicted molar refractivity (Wildman–Crippen MR) is 109 cm³/mol. The van der Waals surface area contributed by atoms with E-state index in [9.17, 15) is 23.1 Å². The summed E-state index contributed by atoms with van der Waals surface area (Å²) in [5.41, 5.74) is 0.386. The Bertz CT molecular complexity index is 777. The number of anilines is 1. The molecule has 166 valence electrons. The standard InChI is InChI=1S/C22H30F3N3O2/c23-22(24,25)17-12-16(15-27-10-3-5-21(27)6-8-26-9-7-21)13-18(14-17)28-11-2-1-4-19(28)20(29)30/h12-14,19,26H,1-11,15H2,(H,29,30)/t19-/m0/s1. The number of hydrogen-bond donors (Lipinski definition) is 2. The molecule has 1 aromatic rings. The number of carboxylic acids is 1. The Kier molecular flexibility index (Phi) is 5.99. The van der Waals surface area contributed by atoms with Crippen molar-refractivity contribution in [1.82, 2.24) is 10.2 Å². The summed E-state index contributed by atoms with van der Waals surface area (Å²) in [6.07, 6.45) is 1.77. The molecule has 0 saturated carbocycles. The number of carbonyl (C=O) groups is 1. The van der Waals surface area contributed by atoms with E-state index < -0.39 is 23.8 Å². The molecule has 0 aliphatic carbocycles. The highest BCUT2D eigenvalue weighted by Gasteiger charge is 2.42. The van der Waals surface area contributed by atoms with Gasteiger partial charge >= 0.3 is 12.1 Å². The van der Waals surface area contributed by atoms with Crippen LogP contribution in [0.15, 0.2) is 18.2 Å². The van der Waals surface area contributed by atoms with Crippen molar-refractivity contribution in [3.8, 4) is 0 Å². The van der Waals surface area contributed by atoms with E-state index >= 15 is 0 Å². The van der Waals surface area contributed by atoms with Crippen molar-refractivity contribution in [3.63, 3.8) is 0 Å². The smallest absolute Gasteiger partial charge is 0.416 e. The molecule has 0 amide bonds. The molecule has 1 aromatic carbocycles. The van der Waals surface area contributed by atoms with E-state index in [1.54, 1.807) is 11.0 Å². The minimum atomic E-state index is -4.46. The molecular weight excluding hydrogens is 395 g/mol. The van der Waals surface area contributed by atoms with Crippen molar-refractivity contribution < 1.29 is 23.1 Å². The fourth-order valence-corrected chi connectivity index (χ4v) is 5.51. The lowest BCUT2D eigenvalue weighted by Gasteiger charge is -2.42. The van der Waals surface area contributed by atoms with Gasteiger partial charge in [-0.05, 0) is 88.3 Å². The molecule has 4 rings (SSSR count). The van der Waals surface area contributed by atoms with Gasteiger partial charge in [0.15, 0.2) is 0 Å². The molecule has 0 aromatic heterocycles. The maximum Gasteiger partial charge on any atom is 0.416 e. The van der Waals surface area contributed by atoms with E-state index in [4.69, 9.17) is 0 Å². The van der Waals surface area contributed by atoms with Gasteiger partial charge in [0.05, 0.1) is 5.56 Å². The lowest BCUT2D eigenvalue weighted by Crippen LogP contribution is -2.50. The Morgan fingerprint density at radius 1 is 1.10 bits per heavy atom. The number of rotatable bonds is 4. The van der Waals surface area contributed by atoms with Gasteiger partial charge in [-0.3, -0.25) is 4.90 Å². The lowest BCUT2D eigenvalue weighted by atomic mass is 9.85. The van der Waals surface area contributed by atoms with Gasteiger partial charge < -0.3 is 15.3 Å². The molecule has 3 heterocycles. The first-order chi connectivity index (χ1) is 14.3. The van der Waals surface area contributed by atoms with E-state index in [2.05, 4.69) is 10.2 Å². The summed E-state index contributed by atoms with van der Waals surface area (Å²) >= 11 is 0. The van der Waals surface area contributed by atoms with Crippen LogP contribution in [-0.4, -0.2) is 53.7 Å². The Balaban J connectivity index is 1.66. The van der Waals surface area contributed by atoms with E-state index in [-0.39, 0.29) is 5.54 Å². The number of nitrogens with zero attached hydrogens (tertiary/aromatic N) is 2. The molecule has 5 nitrogen and oxygen atoms in total. The summed E-state index contributed by atoms with van der Waals surface area (Å²) in [6, 6.07) is 3.38. The number of likely N-dealkylation sites (tertiary alicyclic amines) is 1. The van der Waals surface area contributed by atoms with Crippen LogP contribution in [0.4, 0.5) is 18.9 Å². The molecule has 3 fully saturated rings. The van der Waals surface area contributed by atoms with Gasteiger partial charge in [0, 0.05) is 24.3 Å². The zero-order chi connectivity index (χ0) is 21.4. The number of alkyl halides is 3. The second-order valence-corrected chi connectivity index (χ2v) is 8.93. The summed E-state index contributed by atoms with van der Waals surface area (Å²) in [7, 11) is 0. The third-order valence-electron chi connectivity index (χ3n) is 7.07. The molecule has 1 spiro atoms. The molecule has 2 N–H and O–H groups in total. The molecule has 3 saturated heterocycles. The Morgan fingerprint density at radius 2 is 1.87 bits per heavy atom. The van der Waals surface area contributed by atoms with Crippen LogP contribution in [0.2, 0.25) is 0 Å². The Hall–Kier alpha value is -1.80. The topological polar surface area (TPSA) is 55.8 Å². The Morgan fingerprint density at radius 3 is 2.57 bits per heavy atom. The van der Waals surface area contributed by atoms with Crippen LogP contribution in [0, 0.1) is 0 Å². The summed E-state index contributed by atoms with van der Waals surface area (Å²) in [5.74, 6) is -0.970. The van der Waals surface area contributed by atoms with Crippen molar-refractivity contribution in [2.75, 3.05) is 31.1 Å². The number of carboxylic acid groups (broad SMARTS) is 1. The second-order valence-electron chi connectivity index (χ2n) is 8.93. The van der Waals surface area contributed by atoms with Gasteiger partial charge in [0.25, 0.3) is 0 Å². The summed E-state index contributed by atoms with van der Waals surface area (Å²) in [6.45, 7) is 3.73. The van der Waals surface area contributed by atoms with Gasteiger partial charge in [-0.1, -0.05) is 0 Å². The molecular formula is C22H30F3N3O2. The highest BCUT2D eigenvalue weighted by Crippen LogP contribution is 2.40. The highest BCUT2D eigenvalue weighted by atomic mass is 19.4. The monoisotopic (exact) mass is 425 g/mol. The molecule has 3 aliphatic heterocycles. The predicted octanol–water partition coefficient (Wildman–Crippen LogP) is 3.87. The first kappa shape index (κ1) is 21.4. The van der Waals surface area contributed by atoms with Crippen LogP contribution < -0.4 is 10.2 Å². The minimum absolute atomic E-state index is 0.0778. The number of aliphatic carboxylic acids is 1. The average Bonchev–Trinajstić information content (AvgIpc) is 3.08. The van der Waals surface area contributed by atoms with E-state index in [1.807, 2.05) is 0 Å².